The van der Waals surface area contributed by atoms with Crippen LogP contribution in [-0.2, 0) is 4.74 Å². The number of carbonyl (C=O) groups excluding carboxylic acids is 1. The van der Waals surface area contributed by atoms with E-state index in [4.69, 9.17) is 4.74 Å². The highest BCUT2D eigenvalue weighted by Crippen LogP contribution is 2.29. The van der Waals surface area contributed by atoms with Crippen molar-refractivity contribution < 1.29 is 14.6 Å². The van der Waals surface area contributed by atoms with E-state index in [1.54, 1.807) is 4.90 Å². The quantitative estimate of drug-likeness (QED) is 0.843. The van der Waals surface area contributed by atoms with E-state index in [1.165, 1.54) is 0 Å². The fourth-order valence-corrected chi connectivity index (χ4v) is 2.88. The molecule has 0 bridgehead atoms. The molecule has 0 saturated carbocycles. The van der Waals surface area contributed by atoms with Gasteiger partial charge in [-0.2, -0.15) is 0 Å². The molecule has 1 fully saturated rings. The fourth-order valence-electron chi connectivity index (χ4n) is 2.88. The Morgan fingerprint density at radius 2 is 1.88 bits per heavy atom. The molecule has 1 aliphatic heterocycles. The Morgan fingerprint density at radius 1 is 1.25 bits per heavy atom. The molecule has 1 heterocycles. The van der Waals surface area contributed by atoms with Crippen LogP contribution in [0, 0.1) is 5.41 Å². The van der Waals surface area contributed by atoms with Crippen molar-refractivity contribution in [2.75, 3.05) is 32.8 Å². The van der Waals surface area contributed by atoms with Crippen molar-refractivity contribution in [3.8, 4) is 0 Å². The molecule has 0 radical (unpaired) electrons. The molecule has 0 aromatic carbocycles. The molecule has 24 heavy (non-hydrogen) atoms. The molecule has 2 aliphatic rings. The van der Waals surface area contributed by atoms with E-state index in [2.05, 4.69) is 30.9 Å². The highest BCUT2D eigenvalue weighted by atomic mass is 16.6. The topological polar surface area (TPSA) is 53.0 Å². The highest BCUT2D eigenvalue weighted by molar-refractivity contribution is 5.68. The minimum Gasteiger partial charge on any atom is -0.444 e. The predicted octanol–water partition coefficient (Wildman–Crippen LogP) is 2.94. The van der Waals surface area contributed by atoms with Gasteiger partial charge < -0.3 is 19.6 Å². The zero-order valence-electron chi connectivity index (χ0n) is 15.5. The van der Waals surface area contributed by atoms with E-state index in [0.29, 0.717) is 13.1 Å². The van der Waals surface area contributed by atoms with Crippen LogP contribution in [-0.4, -0.2) is 59.4 Å². The van der Waals surface area contributed by atoms with Gasteiger partial charge in [-0.3, -0.25) is 0 Å². The monoisotopic (exact) mass is 334 g/mol. The predicted molar refractivity (Wildman–Crippen MR) is 95.6 cm³/mol. The summed E-state index contributed by atoms with van der Waals surface area (Å²) >= 11 is 0. The van der Waals surface area contributed by atoms with Crippen molar-refractivity contribution in [1.29, 1.82) is 0 Å². The standard InChI is InChI=1S/C19H30N2O3/c1-18(2,3)24-17(23)21-11-9-20(10-12-21)16-13-19(4,5)8-6-7-15(16)14-22/h6-8,13,22H,9-12,14H2,1-5H3. The largest absolute Gasteiger partial charge is 0.444 e. The number of allylic oxidation sites excluding steroid dienone is 4. The average molecular weight is 334 g/mol. The Labute approximate surface area is 145 Å². The van der Waals surface area contributed by atoms with Crippen LogP contribution in [0.15, 0.2) is 35.6 Å². The van der Waals surface area contributed by atoms with Crippen LogP contribution < -0.4 is 0 Å². The minimum absolute atomic E-state index is 0.0124. The lowest BCUT2D eigenvalue weighted by Crippen LogP contribution is -2.49. The number of aliphatic hydroxyl groups excluding tert-OH is 1. The lowest BCUT2D eigenvalue weighted by Gasteiger charge is -2.38. The summed E-state index contributed by atoms with van der Waals surface area (Å²) in [5.41, 5.74) is 1.45. The normalized spacial score (nSPS) is 21.1. The van der Waals surface area contributed by atoms with Crippen molar-refractivity contribution >= 4 is 6.09 Å². The lowest BCUT2D eigenvalue weighted by molar-refractivity contribution is 0.0169. The van der Waals surface area contributed by atoms with Crippen LogP contribution in [0.5, 0.6) is 0 Å². The summed E-state index contributed by atoms with van der Waals surface area (Å²) in [6, 6.07) is 0. The maximum atomic E-state index is 12.2. The number of rotatable bonds is 2. The molecule has 134 valence electrons. The van der Waals surface area contributed by atoms with Crippen LogP contribution in [0.4, 0.5) is 4.79 Å². The summed E-state index contributed by atoms with van der Waals surface area (Å²) in [6.45, 7) is 12.7. The van der Waals surface area contributed by atoms with E-state index < -0.39 is 5.60 Å². The molecule has 1 aliphatic carbocycles. The summed E-state index contributed by atoms with van der Waals surface area (Å²) < 4.78 is 5.45. The molecule has 1 saturated heterocycles. The van der Waals surface area contributed by atoms with Gasteiger partial charge in [0, 0.05) is 42.9 Å². The third-order valence-corrected chi connectivity index (χ3v) is 4.10. The smallest absolute Gasteiger partial charge is 0.410 e. The summed E-state index contributed by atoms with van der Waals surface area (Å²) in [6.07, 6.45) is 8.05. The van der Waals surface area contributed by atoms with Gasteiger partial charge >= 0.3 is 6.09 Å². The van der Waals surface area contributed by atoms with E-state index in [0.717, 1.165) is 24.4 Å². The highest BCUT2D eigenvalue weighted by Gasteiger charge is 2.28. The van der Waals surface area contributed by atoms with E-state index in [-0.39, 0.29) is 18.1 Å². The zero-order chi connectivity index (χ0) is 18.0. The second-order valence-electron chi connectivity index (χ2n) is 8.01. The molecule has 0 atom stereocenters. The Morgan fingerprint density at radius 3 is 2.42 bits per heavy atom. The van der Waals surface area contributed by atoms with Gasteiger partial charge in [0.15, 0.2) is 0 Å². The molecule has 1 N–H and O–H groups in total. The van der Waals surface area contributed by atoms with Crippen LogP contribution in [0.2, 0.25) is 0 Å². The summed E-state index contributed by atoms with van der Waals surface area (Å²) in [7, 11) is 0. The van der Waals surface area contributed by atoms with E-state index in [1.807, 2.05) is 32.9 Å². The number of ether oxygens (including phenoxy) is 1. The third-order valence-electron chi connectivity index (χ3n) is 4.10. The molecule has 0 aromatic rings. The lowest BCUT2D eigenvalue weighted by atomic mass is 9.91. The summed E-state index contributed by atoms with van der Waals surface area (Å²) in [4.78, 5) is 16.2. The minimum atomic E-state index is -0.472. The second-order valence-corrected chi connectivity index (χ2v) is 8.01. The number of piperazine rings is 1. The Kier molecular flexibility index (Phi) is 5.43. The van der Waals surface area contributed by atoms with Gasteiger partial charge in [-0.15, -0.1) is 0 Å². The van der Waals surface area contributed by atoms with E-state index >= 15 is 0 Å². The van der Waals surface area contributed by atoms with Gasteiger partial charge in [-0.25, -0.2) is 4.79 Å². The van der Waals surface area contributed by atoms with Crippen molar-refractivity contribution in [3.05, 3.63) is 35.6 Å². The third kappa shape index (κ3) is 4.87. The van der Waals surface area contributed by atoms with Crippen LogP contribution >= 0.6 is 0 Å². The van der Waals surface area contributed by atoms with Gasteiger partial charge in [0.2, 0.25) is 0 Å². The SMILES string of the molecule is CC1(C)C=CC=C(CO)C(N2CCN(C(=O)OC(C)(C)C)CC2)=C1. The first-order valence-corrected chi connectivity index (χ1v) is 8.57. The first-order valence-electron chi connectivity index (χ1n) is 8.57. The van der Waals surface area contributed by atoms with Gasteiger partial charge in [0.05, 0.1) is 6.61 Å². The molecule has 0 unspecified atom stereocenters. The average Bonchev–Trinajstić information content (AvgIpc) is 2.63. The Hall–Kier alpha value is -1.75. The number of carbonyl (C=O) groups is 1. The first kappa shape index (κ1) is 18.6. The fraction of sp³-hybridized carbons (Fsp3) is 0.632. The number of hydrogen-bond donors (Lipinski definition) is 1. The molecule has 0 spiro atoms. The van der Waals surface area contributed by atoms with Gasteiger partial charge in [-0.1, -0.05) is 38.2 Å². The molecule has 1 amide bonds. The first-order chi connectivity index (χ1) is 11.1. The van der Waals surface area contributed by atoms with Gasteiger partial charge in [0.25, 0.3) is 0 Å². The van der Waals surface area contributed by atoms with Crippen molar-refractivity contribution in [1.82, 2.24) is 9.80 Å². The van der Waals surface area contributed by atoms with Crippen LogP contribution in [0.1, 0.15) is 34.6 Å². The zero-order valence-corrected chi connectivity index (χ0v) is 15.5. The number of hydrogen-bond acceptors (Lipinski definition) is 4. The molecule has 5 heteroatoms. The second kappa shape index (κ2) is 7.01. The molecule has 2 rings (SSSR count). The Balaban J connectivity index is 2.05. The van der Waals surface area contributed by atoms with Crippen molar-refractivity contribution in [2.45, 2.75) is 40.2 Å². The number of amides is 1. The van der Waals surface area contributed by atoms with Crippen molar-refractivity contribution in [2.24, 2.45) is 5.41 Å². The van der Waals surface area contributed by atoms with Gasteiger partial charge in [-0.05, 0) is 20.8 Å². The van der Waals surface area contributed by atoms with Crippen LogP contribution in [0.3, 0.4) is 0 Å². The maximum Gasteiger partial charge on any atom is 0.410 e. The molecular formula is C19H30N2O3. The summed E-state index contributed by atoms with van der Waals surface area (Å²) in [5.74, 6) is 0. The molecule has 0 aromatic heterocycles. The number of aliphatic hydroxyl groups is 1. The molecule has 5 nitrogen and oxygen atoms in total. The number of nitrogens with zero attached hydrogens (tertiary/aromatic N) is 2. The van der Waals surface area contributed by atoms with Gasteiger partial charge in [0.1, 0.15) is 5.60 Å². The summed E-state index contributed by atoms with van der Waals surface area (Å²) in [5, 5.41) is 9.70. The Bertz CT molecular complexity index is 560. The maximum absolute atomic E-state index is 12.2. The van der Waals surface area contributed by atoms with Crippen LogP contribution in [0.25, 0.3) is 0 Å². The molecular weight excluding hydrogens is 304 g/mol. The van der Waals surface area contributed by atoms with Crippen molar-refractivity contribution in [3.63, 3.8) is 0 Å². The van der Waals surface area contributed by atoms with E-state index in [9.17, 15) is 9.90 Å².